The van der Waals surface area contributed by atoms with Gasteiger partial charge in [-0.3, -0.25) is 4.79 Å². The first-order chi connectivity index (χ1) is 9.69. The van der Waals surface area contributed by atoms with Gasteiger partial charge < -0.3 is 20.3 Å². The van der Waals surface area contributed by atoms with E-state index in [2.05, 4.69) is 10.6 Å². The Morgan fingerprint density at radius 2 is 1.80 bits per heavy atom. The van der Waals surface area contributed by atoms with Crippen molar-refractivity contribution < 1.29 is 9.53 Å². The Kier molecular flexibility index (Phi) is 4.29. The van der Waals surface area contributed by atoms with Crippen molar-refractivity contribution in [2.45, 2.75) is 44.8 Å². The standard InChI is InChI=1S/C15H27N3O2/c1-12-10-17-11-13(20-12)14(19)18-8-4-15(5-9-18)2-6-16-7-3-15/h12-13,16-17H,2-11H2,1H3/t12-,13-/m1/s1. The van der Waals surface area contributed by atoms with Gasteiger partial charge in [-0.2, -0.15) is 0 Å². The minimum atomic E-state index is -0.277. The normalized spacial score (nSPS) is 34.1. The maximum Gasteiger partial charge on any atom is 0.253 e. The number of hydrogen-bond donors (Lipinski definition) is 2. The van der Waals surface area contributed by atoms with Crippen LogP contribution in [0.2, 0.25) is 0 Å². The molecule has 0 radical (unpaired) electrons. The number of likely N-dealkylation sites (tertiary alicyclic amines) is 1. The van der Waals surface area contributed by atoms with Gasteiger partial charge in [0.2, 0.25) is 0 Å². The zero-order valence-corrected chi connectivity index (χ0v) is 12.5. The molecule has 0 aromatic heterocycles. The highest BCUT2D eigenvalue weighted by atomic mass is 16.5. The fourth-order valence-electron chi connectivity index (χ4n) is 3.80. The summed E-state index contributed by atoms with van der Waals surface area (Å²) in [5, 5.41) is 6.72. The van der Waals surface area contributed by atoms with E-state index < -0.39 is 0 Å². The summed E-state index contributed by atoms with van der Waals surface area (Å²) < 4.78 is 5.77. The minimum absolute atomic E-state index is 0.137. The molecule has 0 saturated carbocycles. The molecule has 0 aromatic rings. The quantitative estimate of drug-likeness (QED) is 0.728. The minimum Gasteiger partial charge on any atom is -0.363 e. The van der Waals surface area contributed by atoms with Crippen LogP contribution in [0.5, 0.6) is 0 Å². The maximum atomic E-state index is 12.5. The van der Waals surface area contributed by atoms with Crippen LogP contribution in [0.15, 0.2) is 0 Å². The Morgan fingerprint density at radius 3 is 2.45 bits per heavy atom. The maximum absolute atomic E-state index is 12.5. The number of rotatable bonds is 1. The summed E-state index contributed by atoms with van der Waals surface area (Å²) in [7, 11) is 0. The number of morpholine rings is 1. The molecule has 1 amide bonds. The van der Waals surface area contributed by atoms with Crippen molar-refractivity contribution in [2.75, 3.05) is 39.3 Å². The smallest absolute Gasteiger partial charge is 0.253 e. The summed E-state index contributed by atoms with van der Waals surface area (Å²) in [4.78, 5) is 14.5. The summed E-state index contributed by atoms with van der Waals surface area (Å²) in [6, 6.07) is 0. The fraction of sp³-hybridized carbons (Fsp3) is 0.933. The molecule has 3 rings (SSSR count). The number of carbonyl (C=O) groups excluding carboxylic acids is 1. The molecule has 20 heavy (non-hydrogen) atoms. The van der Waals surface area contributed by atoms with Crippen LogP contribution in [-0.4, -0.2) is 62.3 Å². The molecule has 3 aliphatic heterocycles. The van der Waals surface area contributed by atoms with E-state index in [1.165, 1.54) is 12.8 Å². The third-order valence-electron chi connectivity index (χ3n) is 5.23. The lowest BCUT2D eigenvalue weighted by molar-refractivity contribution is -0.152. The average molecular weight is 281 g/mol. The zero-order chi connectivity index (χ0) is 14.0. The van der Waals surface area contributed by atoms with Crippen molar-refractivity contribution in [1.29, 1.82) is 0 Å². The van der Waals surface area contributed by atoms with E-state index >= 15 is 0 Å². The number of amides is 1. The number of ether oxygens (including phenoxy) is 1. The first kappa shape index (κ1) is 14.3. The van der Waals surface area contributed by atoms with Crippen LogP contribution in [-0.2, 0) is 9.53 Å². The Balaban J connectivity index is 1.53. The molecule has 5 nitrogen and oxygen atoms in total. The Bertz CT molecular complexity index is 345. The second-order valence-electron chi connectivity index (χ2n) is 6.67. The molecule has 0 unspecified atom stereocenters. The molecule has 3 saturated heterocycles. The van der Waals surface area contributed by atoms with E-state index in [9.17, 15) is 4.79 Å². The van der Waals surface area contributed by atoms with Gasteiger partial charge in [-0.1, -0.05) is 0 Å². The van der Waals surface area contributed by atoms with Crippen LogP contribution >= 0.6 is 0 Å². The van der Waals surface area contributed by atoms with Gasteiger partial charge in [-0.15, -0.1) is 0 Å². The molecular formula is C15H27N3O2. The lowest BCUT2D eigenvalue weighted by Gasteiger charge is -2.45. The second kappa shape index (κ2) is 6.00. The highest BCUT2D eigenvalue weighted by Gasteiger charge is 2.38. The first-order valence-corrected chi connectivity index (χ1v) is 8.04. The summed E-state index contributed by atoms with van der Waals surface area (Å²) in [6.07, 6.45) is 4.73. The molecule has 0 aromatic carbocycles. The van der Waals surface area contributed by atoms with Crippen LogP contribution in [0.3, 0.4) is 0 Å². The number of piperidine rings is 2. The van der Waals surface area contributed by atoms with Crippen molar-refractivity contribution in [3.05, 3.63) is 0 Å². The van der Waals surface area contributed by atoms with Gasteiger partial charge in [0.05, 0.1) is 6.10 Å². The SMILES string of the molecule is C[C@@H]1CNC[C@H](C(=O)N2CCC3(CCNCC3)CC2)O1. The Morgan fingerprint density at radius 1 is 1.10 bits per heavy atom. The molecule has 0 aliphatic carbocycles. The largest absolute Gasteiger partial charge is 0.363 e. The van der Waals surface area contributed by atoms with Crippen molar-refractivity contribution in [3.63, 3.8) is 0 Å². The number of carbonyl (C=O) groups is 1. The van der Waals surface area contributed by atoms with Gasteiger partial charge in [0.1, 0.15) is 6.10 Å². The Labute approximate surface area is 121 Å². The molecule has 5 heteroatoms. The van der Waals surface area contributed by atoms with Gasteiger partial charge >= 0.3 is 0 Å². The monoisotopic (exact) mass is 281 g/mol. The highest BCUT2D eigenvalue weighted by Crippen LogP contribution is 2.39. The summed E-state index contributed by atoms with van der Waals surface area (Å²) >= 11 is 0. The number of nitrogens with zero attached hydrogens (tertiary/aromatic N) is 1. The molecule has 0 bridgehead atoms. The van der Waals surface area contributed by atoms with Crippen LogP contribution in [0, 0.1) is 5.41 Å². The van der Waals surface area contributed by atoms with Crippen molar-refractivity contribution >= 4 is 5.91 Å². The lowest BCUT2D eigenvalue weighted by Crippen LogP contribution is -2.55. The average Bonchev–Trinajstić information content (AvgIpc) is 2.48. The van der Waals surface area contributed by atoms with Gasteiger partial charge in [-0.05, 0) is 51.1 Å². The molecule has 2 N–H and O–H groups in total. The molecule has 3 aliphatic rings. The fourth-order valence-corrected chi connectivity index (χ4v) is 3.80. The highest BCUT2D eigenvalue weighted by molar-refractivity contribution is 5.81. The third-order valence-corrected chi connectivity index (χ3v) is 5.23. The van der Waals surface area contributed by atoms with E-state index in [4.69, 9.17) is 4.74 Å². The van der Waals surface area contributed by atoms with Gasteiger partial charge in [0.15, 0.2) is 0 Å². The predicted octanol–water partition coefficient (Wildman–Crippen LogP) is 0.356. The van der Waals surface area contributed by atoms with E-state index in [0.29, 0.717) is 12.0 Å². The van der Waals surface area contributed by atoms with Gasteiger partial charge in [0.25, 0.3) is 5.91 Å². The summed E-state index contributed by atoms with van der Waals surface area (Å²) in [5.41, 5.74) is 0.501. The first-order valence-electron chi connectivity index (χ1n) is 8.04. The van der Waals surface area contributed by atoms with Crippen LogP contribution in [0.25, 0.3) is 0 Å². The van der Waals surface area contributed by atoms with Crippen LogP contribution in [0.1, 0.15) is 32.6 Å². The van der Waals surface area contributed by atoms with Crippen molar-refractivity contribution in [2.24, 2.45) is 5.41 Å². The molecule has 3 fully saturated rings. The Hall–Kier alpha value is -0.650. The number of hydrogen-bond acceptors (Lipinski definition) is 4. The third kappa shape index (κ3) is 3.00. The summed E-state index contributed by atoms with van der Waals surface area (Å²) in [6.45, 7) is 7.63. The van der Waals surface area contributed by atoms with Gasteiger partial charge in [0, 0.05) is 26.2 Å². The van der Waals surface area contributed by atoms with Crippen molar-refractivity contribution in [1.82, 2.24) is 15.5 Å². The number of nitrogens with one attached hydrogen (secondary N) is 2. The van der Waals surface area contributed by atoms with Crippen LogP contribution < -0.4 is 10.6 Å². The van der Waals surface area contributed by atoms with Crippen molar-refractivity contribution in [3.8, 4) is 0 Å². The van der Waals surface area contributed by atoms with Crippen LogP contribution in [0.4, 0.5) is 0 Å². The van der Waals surface area contributed by atoms with E-state index in [-0.39, 0.29) is 18.1 Å². The molecular weight excluding hydrogens is 254 g/mol. The zero-order valence-electron chi connectivity index (χ0n) is 12.5. The second-order valence-corrected chi connectivity index (χ2v) is 6.67. The predicted molar refractivity (Wildman–Crippen MR) is 77.6 cm³/mol. The van der Waals surface area contributed by atoms with E-state index in [1.807, 2.05) is 11.8 Å². The van der Waals surface area contributed by atoms with Gasteiger partial charge in [-0.25, -0.2) is 0 Å². The van der Waals surface area contributed by atoms with E-state index in [0.717, 1.165) is 45.6 Å². The summed E-state index contributed by atoms with van der Waals surface area (Å²) in [5.74, 6) is 0.188. The molecule has 114 valence electrons. The molecule has 1 spiro atoms. The van der Waals surface area contributed by atoms with E-state index in [1.54, 1.807) is 0 Å². The lowest BCUT2D eigenvalue weighted by atomic mass is 9.71. The molecule has 3 heterocycles. The topological polar surface area (TPSA) is 53.6 Å². The molecule has 2 atom stereocenters.